The van der Waals surface area contributed by atoms with Crippen molar-refractivity contribution >= 4 is 11.9 Å². The van der Waals surface area contributed by atoms with Crippen LogP contribution >= 0.6 is 0 Å². The molecule has 4 nitrogen and oxygen atoms in total. The summed E-state index contributed by atoms with van der Waals surface area (Å²) in [6, 6.07) is 2.86. The molecule has 0 aliphatic rings. The van der Waals surface area contributed by atoms with Crippen LogP contribution in [0.1, 0.15) is 24.3 Å². The van der Waals surface area contributed by atoms with Gasteiger partial charge in [-0.2, -0.15) is 0 Å². The number of carboxylic acids is 2. The van der Waals surface area contributed by atoms with Gasteiger partial charge < -0.3 is 10.2 Å². The molecule has 0 saturated heterocycles. The SMILES string of the molecule is O=C(O)CC(CC(=O)O)c1ccc(F)c(F)c1. The highest BCUT2D eigenvalue weighted by molar-refractivity contribution is 5.72. The van der Waals surface area contributed by atoms with E-state index in [-0.39, 0.29) is 5.56 Å². The van der Waals surface area contributed by atoms with E-state index in [4.69, 9.17) is 10.2 Å². The molecule has 0 unspecified atom stereocenters. The van der Waals surface area contributed by atoms with Gasteiger partial charge in [0, 0.05) is 5.92 Å². The Hall–Kier alpha value is -1.98. The van der Waals surface area contributed by atoms with Crippen molar-refractivity contribution in [3.63, 3.8) is 0 Å². The molecule has 2 N–H and O–H groups in total. The first-order valence-corrected chi connectivity index (χ1v) is 4.78. The Morgan fingerprint density at radius 1 is 1.06 bits per heavy atom. The van der Waals surface area contributed by atoms with Crippen LogP contribution in [-0.4, -0.2) is 22.2 Å². The fourth-order valence-electron chi connectivity index (χ4n) is 1.50. The monoisotopic (exact) mass is 244 g/mol. The minimum Gasteiger partial charge on any atom is -0.481 e. The van der Waals surface area contributed by atoms with Crippen molar-refractivity contribution in [2.24, 2.45) is 0 Å². The minimum atomic E-state index is -1.19. The lowest BCUT2D eigenvalue weighted by Gasteiger charge is -2.13. The predicted octanol–water partition coefficient (Wildman–Crippen LogP) is 2.00. The van der Waals surface area contributed by atoms with Crippen molar-refractivity contribution in [2.45, 2.75) is 18.8 Å². The van der Waals surface area contributed by atoms with Crippen LogP contribution in [0, 0.1) is 11.6 Å². The van der Waals surface area contributed by atoms with Gasteiger partial charge in [-0.3, -0.25) is 9.59 Å². The molecule has 0 radical (unpaired) electrons. The molecule has 0 aliphatic heterocycles. The van der Waals surface area contributed by atoms with Crippen molar-refractivity contribution in [3.8, 4) is 0 Å². The van der Waals surface area contributed by atoms with Crippen LogP contribution in [0.15, 0.2) is 18.2 Å². The maximum absolute atomic E-state index is 12.9. The topological polar surface area (TPSA) is 74.6 Å². The average molecular weight is 244 g/mol. The summed E-state index contributed by atoms with van der Waals surface area (Å²) in [6.45, 7) is 0. The third-order valence-corrected chi connectivity index (χ3v) is 2.26. The van der Waals surface area contributed by atoms with E-state index in [9.17, 15) is 18.4 Å². The second kappa shape index (κ2) is 5.38. The van der Waals surface area contributed by atoms with E-state index in [1.54, 1.807) is 0 Å². The highest BCUT2D eigenvalue weighted by Crippen LogP contribution is 2.25. The fraction of sp³-hybridized carbons (Fsp3) is 0.273. The van der Waals surface area contributed by atoms with Gasteiger partial charge in [0.1, 0.15) is 0 Å². The van der Waals surface area contributed by atoms with Crippen LogP contribution in [0.2, 0.25) is 0 Å². The Kier molecular flexibility index (Phi) is 4.14. The third kappa shape index (κ3) is 3.82. The lowest BCUT2D eigenvalue weighted by atomic mass is 9.92. The Bertz CT molecular complexity index is 429. The molecule has 6 heteroatoms. The van der Waals surface area contributed by atoms with E-state index in [0.29, 0.717) is 0 Å². The maximum Gasteiger partial charge on any atom is 0.303 e. The van der Waals surface area contributed by atoms with E-state index in [1.165, 1.54) is 6.07 Å². The first-order chi connectivity index (χ1) is 7.90. The number of carbonyl (C=O) groups is 2. The molecule has 0 aliphatic carbocycles. The van der Waals surface area contributed by atoms with Gasteiger partial charge in [-0.05, 0) is 17.7 Å². The number of benzene rings is 1. The summed E-state index contributed by atoms with van der Waals surface area (Å²) in [5.74, 6) is -5.44. The Balaban J connectivity index is 2.98. The van der Waals surface area contributed by atoms with Crippen LogP contribution in [0.4, 0.5) is 8.78 Å². The highest BCUT2D eigenvalue weighted by Gasteiger charge is 2.20. The zero-order valence-corrected chi connectivity index (χ0v) is 8.69. The largest absolute Gasteiger partial charge is 0.481 e. The van der Waals surface area contributed by atoms with Gasteiger partial charge in [-0.15, -0.1) is 0 Å². The van der Waals surface area contributed by atoms with E-state index < -0.39 is 42.3 Å². The normalized spacial score (nSPS) is 10.5. The zero-order valence-electron chi connectivity index (χ0n) is 8.69. The van der Waals surface area contributed by atoms with E-state index in [1.807, 2.05) is 0 Å². The van der Waals surface area contributed by atoms with Crippen LogP contribution in [-0.2, 0) is 9.59 Å². The van der Waals surface area contributed by atoms with E-state index in [0.717, 1.165) is 12.1 Å². The van der Waals surface area contributed by atoms with Gasteiger partial charge in [-0.25, -0.2) is 8.78 Å². The summed E-state index contributed by atoms with van der Waals surface area (Å²) in [4.78, 5) is 21.1. The average Bonchev–Trinajstić information content (AvgIpc) is 2.19. The molecule has 0 bridgehead atoms. The molecule has 17 heavy (non-hydrogen) atoms. The Morgan fingerprint density at radius 2 is 1.59 bits per heavy atom. The lowest BCUT2D eigenvalue weighted by molar-refractivity contribution is -0.139. The van der Waals surface area contributed by atoms with Crippen molar-refractivity contribution in [1.82, 2.24) is 0 Å². The van der Waals surface area contributed by atoms with Gasteiger partial charge in [0.2, 0.25) is 0 Å². The number of rotatable bonds is 5. The van der Waals surface area contributed by atoms with Crippen LogP contribution in [0.3, 0.4) is 0 Å². The second-order valence-electron chi connectivity index (χ2n) is 3.57. The highest BCUT2D eigenvalue weighted by atomic mass is 19.2. The molecule has 0 fully saturated rings. The molecule has 0 atom stereocenters. The first kappa shape index (κ1) is 13.1. The summed E-state index contributed by atoms with van der Waals surface area (Å²) in [5, 5.41) is 17.2. The van der Waals surface area contributed by atoms with Gasteiger partial charge >= 0.3 is 11.9 Å². The summed E-state index contributed by atoms with van der Waals surface area (Å²) >= 11 is 0. The molecular weight excluding hydrogens is 234 g/mol. The molecule has 1 rings (SSSR count). The predicted molar refractivity (Wildman–Crippen MR) is 53.6 cm³/mol. The molecule has 0 heterocycles. The molecule has 1 aromatic carbocycles. The fourth-order valence-corrected chi connectivity index (χ4v) is 1.50. The molecule has 0 spiro atoms. The molecule has 1 aromatic rings. The number of halogens is 2. The molecule has 0 saturated carbocycles. The van der Waals surface area contributed by atoms with Gasteiger partial charge in [0.15, 0.2) is 11.6 Å². The van der Waals surface area contributed by atoms with E-state index in [2.05, 4.69) is 0 Å². The molecule has 92 valence electrons. The first-order valence-electron chi connectivity index (χ1n) is 4.78. The Morgan fingerprint density at radius 3 is 2.00 bits per heavy atom. The lowest BCUT2D eigenvalue weighted by Crippen LogP contribution is -2.11. The quantitative estimate of drug-likeness (QED) is 0.830. The van der Waals surface area contributed by atoms with Gasteiger partial charge in [0.05, 0.1) is 12.8 Å². The minimum absolute atomic E-state index is 0.161. The second-order valence-corrected chi connectivity index (χ2v) is 3.57. The van der Waals surface area contributed by atoms with Crippen molar-refractivity contribution in [2.75, 3.05) is 0 Å². The zero-order chi connectivity index (χ0) is 13.0. The summed E-state index contributed by atoms with van der Waals surface area (Å²) < 4.78 is 25.6. The smallest absolute Gasteiger partial charge is 0.303 e. The van der Waals surface area contributed by atoms with Crippen LogP contribution < -0.4 is 0 Å². The van der Waals surface area contributed by atoms with Gasteiger partial charge in [0.25, 0.3) is 0 Å². The number of hydrogen-bond donors (Lipinski definition) is 2. The van der Waals surface area contributed by atoms with Crippen molar-refractivity contribution in [1.29, 1.82) is 0 Å². The number of hydrogen-bond acceptors (Lipinski definition) is 2. The van der Waals surface area contributed by atoms with Crippen LogP contribution in [0.5, 0.6) is 0 Å². The summed E-state index contributed by atoms with van der Waals surface area (Å²) in [5.41, 5.74) is 0.161. The molecule has 0 aromatic heterocycles. The third-order valence-electron chi connectivity index (χ3n) is 2.26. The maximum atomic E-state index is 12.9. The van der Waals surface area contributed by atoms with Gasteiger partial charge in [-0.1, -0.05) is 6.07 Å². The van der Waals surface area contributed by atoms with Crippen LogP contribution in [0.25, 0.3) is 0 Å². The standard InChI is InChI=1S/C11H10F2O4/c12-8-2-1-6(3-9(8)13)7(4-10(14)15)5-11(16)17/h1-3,7H,4-5H2,(H,14,15)(H,16,17). The van der Waals surface area contributed by atoms with E-state index >= 15 is 0 Å². The number of aliphatic carboxylic acids is 2. The van der Waals surface area contributed by atoms with Crippen molar-refractivity contribution < 1.29 is 28.6 Å². The number of carboxylic acid groups (broad SMARTS) is 2. The molecular formula is C11H10F2O4. The Labute approximate surface area is 95.5 Å². The molecule has 0 amide bonds. The summed E-state index contributed by atoms with van der Waals surface area (Å²) in [6.07, 6.45) is -0.894. The van der Waals surface area contributed by atoms with Crippen molar-refractivity contribution in [3.05, 3.63) is 35.4 Å². The summed E-state index contributed by atoms with van der Waals surface area (Å²) in [7, 11) is 0.